The van der Waals surface area contributed by atoms with Crippen molar-refractivity contribution in [3.8, 4) is 11.3 Å². The molecule has 2 aromatic rings. The number of aliphatic hydroxyl groups excluding tert-OH is 1. The van der Waals surface area contributed by atoms with Crippen LogP contribution in [-0.4, -0.2) is 45.8 Å². The lowest BCUT2D eigenvalue weighted by Gasteiger charge is -2.24. The summed E-state index contributed by atoms with van der Waals surface area (Å²) in [5.74, 6) is 0.184. The molecule has 0 radical (unpaired) electrons. The van der Waals surface area contributed by atoms with Crippen molar-refractivity contribution in [2.24, 2.45) is 11.3 Å². The lowest BCUT2D eigenvalue weighted by atomic mass is 9.82. The van der Waals surface area contributed by atoms with E-state index in [4.69, 9.17) is 4.42 Å². The molecule has 2 unspecified atom stereocenters. The number of hydrogen-bond donors (Lipinski definition) is 2. The minimum absolute atomic E-state index is 0.0822. The van der Waals surface area contributed by atoms with Crippen LogP contribution in [0.5, 0.6) is 0 Å². The molecule has 3 heterocycles. The third-order valence-electron chi connectivity index (χ3n) is 4.51. The molecule has 6 nitrogen and oxygen atoms in total. The monoisotopic (exact) mass is 289 g/mol. The van der Waals surface area contributed by atoms with Gasteiger partial charge in [0.2, 0.25) is 0 Å². The summed E-state index contributed by atoms with van der Waals surface area (Å²) in [4.78, 5) is 14.3. The fourth-order valence-corrected chi connectivity index (χ4v) is 2.73. The zero-order valence-electron chi connectivity index (χ0n) is 12.2. The summed E-state index contributed by atoms with van der Waals surface area (Å²) in [6, 6.07) is 3.53. The number of aliphatic hydroxyl groups is 1. The van der Waals surface area contributed by atoms with E-state index in [1.54, 1.807) is 29.6 Å². The third kappa shape index (κ3) is 2.35. The Morgan fingerprint density at radius 1 is 1.67 bits per heavy atom. The van der Waals surface area contributed by atoms with Crippen LogP contribution >= 0.6 is 0 Å². The predicted octanol–water partition coefficient (Wildman–Crippen LogP) is 1.76. The molecule has 6 heteroatoms. The Kier molecular flexibility index (Phi) is 3.33. The summed E-state index contributed by atoms with van der Waals surface area (Å²) in [7, 11) is 0. The molecule has 0 aromatic carbocycles. The highest BCUT2D eigenvalue weighted by Gasteiger charge is 2.42. The highest BCUT2D eigenvalue weighted by Crippen LogP contribution is 2.35. The van der Waals surface area contributed by atoms with Gasteiger partial charge in [0.15, 0.2) is 0 Å². The number of carbonyl (C=O) groups excluding carboxylic acids is 1. The topological polar surface area (TPSA) is 82.4 Å². The van der Waals surface area contributed by atoms with Gasteiger partial charge in [0, 0.05) is 24.1 Å². The van der Waals surface area contributed by atoms with Crippen LogP contribution in [0.3, 0.4) is 0 Å². The number of nitrogens with one attached hydrogen (secondary N) is 1. The second kappa shape index (κ2) is 5.04. The van der Waals surface area contributed by atoms with Crippen LogP contribution in [0.4, 0.5) is 0 Å². The number of amides is 1. The third-order valence-corrected chi connectivity index (χ3v) is 4.51. The van der Waals surface area contributed by atoms with Crippen LogP contribution in [0.2, 0.25) is 0 Å². The van der Waals surface area contributed by atoms with E-state index in [0.717, 1.165) is 5.56 Å². The van der Waals surface area contributed by atoms with Gasteiger partial charge in [-0.1, -0.05) is 13.8 Å². The van der Waals surface area contributed by atoms with E-state index < -0.39 is 0 Å². The summed E-state index contributed by atoms with van der Waals surface area (Å²) < 4.78 is 5.02. The Morgan fingerprint density at radius 2 is 2.48 bits per heavy atom. The van der Waals surface area contributed by atoms with E-state index >= 15 is 0 Å². The Bertz CT molecular complexity index is 634. The smallest absolute Gasteiger partial charge is 0.271 e. The first kappa shape index (κ1) is 13.9. The molecule has 1 fully saturated rings. The van der Waals surface area contributed by atoms with Crippen molar-refractivity contribution in [1.29, 1.82) is 0 Å². The summed E-state index contributed by atoms with van der Waals surface area (Å²) in [5, 5.41) is 16.5. The average molecular weight is 289 g/mol. The van der Waals surface area contributed by atoms with Crippen LogP contribution < -0.4 is 0 Å². The Balaban J connectivity index is 1.78. The van der Waals surface area contributed by atoms with Gasteiger partial charge in [-0.25, -0.2) is 0 Å². The van der Waals surface area contributed by atoms with Gasteiger partial charge in [-0.2, -0.15) is 5.10 Å². The van der Waals surface area contributed by atoms with Crippen molar-refractivity contribution >= 4 is 5.91 Å². The number of aromatic amines is 1. The molecule has 2 atom stereocenters. The van der Waals surface area contributed by atoms with Gasteiger partial charge in [0.25, 0.3) is 5.91 Å². The standard InChI is InChI=1S/C15H19N3O3/c1-10-6-18(8-15(10,2)9-19)14(20)13-5-12(16-17-13)11-3-4-21-7-11/h3-5,7,10,19H,6,8-9H2,1-2H3,(H,16,17). The quantitative estimate of drug-likeness (QED) is 0.902. The lowest BCUT2D eigenvalue weighted by Crippen LogP contribution is -2.33. The molecule has 0 spiro atoms. The highest BCUT2D eigenvalue weighted by atomic mass is 16.3. The molecule has 112 valence electrons. The zero-order valence-corrected chi connectivity index (χ0v) is 12.2. The molecular formula is C15H19N3O3. The maximum Gasteiger partial charge on any atom is 0.271 e. The van der Waals surface area contributed by atoms with E-state index in [1.807, 2.05) is 6.92 Å². The molecule has 1 saturated heterocycles. The Morgan fingerprint density at radius 3 is 3.10 bits per heavy atom. The Hall–Kier alpha value is -2.08. The normalized spacial score (nSPS) is 25.5. The van der Waals surface area contributed by atoms with Crippen molar-refractivity contribution in [3.63, 3.8) is 0 Å². The molecule has 3 rings (SSSR count). The first-order valence-corrected chi connectivity index (χ1v) is 7.01. The predicted molar refractivity (Wildman–Crippen MR) is 76.6 cm³/mol. The number of H-pyrrole nitrogens is 1. The molecule has 2 aromatic heterocycles. The fourth-order valence-electron chi connectivity index (χ4n) is 2.73. The van der Waals surface area contributed by atoms with Gasteiger partial charge < -0.3 is 14.4 Å². The number of carbonyl (C=O) groups is 1. The van der Waals surface area contributed by atoms with Gasteiger partial charge >= 0.3 is 0 Å². The number of nitrogens with zero attached hydrogens (tertiary/aromatic N) is 2. The lowest BCUT2D eigenvalue weighted by molar-refractivity contribution is 0.0743. The molecule has 0 bridgehead atoms. The summed E-state index contributed by atoms with van der Waals surface area (Å²) in [6.07, 6.45) is 3.16. The average Bonchev–Trinajstić information content (AvgIpc) is 3.18. The Labute approximate surface area is 122 Å². The van der Waals surface area contributed by atoms with Crippen LogP contribution in [-0.2, 0) is 0 Å². The summed E-state index contributed by atoms with van der Waals surface area (Å²) in [6.45, 7) is 5.36. The molecule has 1 aliphatic heterocycles. The van der Waals surface area contributed by atoms with Crippen LogP contribution in [0.25, 0.3) is 11.3 Å². The first-order valence-electron chi connectivity index (χ1n) is 7.01. The van der Waals surface area contributed by atoms with Gasteiger partial charge in [-0.15, -0.1) is 0 Å². The SMILES string of the molecule is CC1CN(C(=O)c2cc(-c3ccoc3)n[nH]2)CC1(C)CO. The van der Waals surface area contributed by atoms with Gasteiger partial charge in [0.05, 0.1) is 24.8 Å². The molecule has 2 N–H and O–H groups in total. The molecule has 0 saturated carbocycles. The number of aromatic nitrogens is 2. The van der Waals surface area contributed by atoms with E-state index in [2.05, 4.69) is 17.1 Å². The minimum Gasteiger partial charge on any atom is -0.472 e. The molecule has 1 amide bonds. The maximum absolute atomic E-state index is 12.5. The van der Waals surface area contributed by atoms with Crippen molar-refractivity contribution in [1.82, 2.24) is 15.1 Å². The first-order chi connectivity index (χ1) is 10.0. The van der Waals surface area contributed by atoms with E-state index in [0.29, 0.717) is 24.5 Å². The maximum atomic E-state index is 12.5. The van der Waals surface area contributed by atoms with Crippen LogP contribution in [0.15, 0.2) is 29.1 Å². The van der Waals surface area contributed by atoms with Crippen molar-refractivity contribution in [2.45, 2.75) is 13.8 Å². The minimum atomic E-state index is -0.233. The second-order valence-electron chi connectivity index (χ2n) is 6.08. The van der Waals surface area contributed by atoms with Crippen molar-refractivity contribution in [3.05, 3.63) is 30.4 Å². The van der Waals surface area contributed by atoms with Crippen molar-refractivity contribution in [2.75, 3.05) is 19.7 Å². The number of rotatable bonds is 3. The second-order valence-corrected chi connectivity index (χ2v) is 6.08. The summed E-state index contributed by atoms with van der Waals surface area (Å²) in [5.41, 5.74) is 1.74. The number of likely N-dealkylation sites (tertiary alicyclic amines) is 1. The van der Waals surface area contributed by atoms with E-state index in [1.165, 1.54) is 0 Å². The highest BCUT2D eigenvalue weighted by molar-refractivity contribution is 5.93. The van der Waals surface area contributed by atoms with Gasteiger partial charge in [-0.05, 0) is 18.1 Å². The van der Waals surface area contributed by atoms with Crippen LogP contribution in [0, 0.1) is 11.3 Å². The van der Waals surface area contributed by atoms with E-state index in [9.17, 15) is 9.90 Å². The molecule has 0 aliphatic carbocycles. The van der Waals surface area contributed by atoms with Crippen molar-refractivity contribution < 1.29 is 14.3 Å². The van der Waals surface area contributed by atoms with Gasteiger partial charge in [0.1, 0.15) is 5.69 Å². The molecular weight excluding hydrogens is 270 g/mol. The van der Waals surface area contributed by atoms with Gasteiger partial charge in [-0.3, -0.25) is 9.89 Å². The van der Waals surface area contributed by atoms with E-state index in [-0.39, 0.29) is 23.8 Å². The largest absolute Gasteiger partial charge is 0.472 e. The van der Waals surface area contributed by atoms with Crippen LogP contribution in [0.1, 0.15) is 24.3 Å². The number of hydrogen-bond acceptors (Lipinski definition) is 4. The number of furan rings is 1. The molecule has 1 aliphatic rings. The fraction of sp³-hybridized carbons (Fsp3) is 0.467. The summed E-state index contributed by atoms with van der Waals surface area (Å²) >= 11 is 0. The zero-order chi connectivity index (χ0) is 15.0. The molecule has 21 heavy (non-hydrogen) atoms.